The maximum absolute atomic E-state index is 5.72. The van der Waals surface area contributed by atoms with E-state index < -0.39 is 0 Å². The first-order valence-corrected chi connectivity index (χ1v) is 8.36. The number of nitrogens with two attached hydrogens (primary N) is 1. The van der Waals surface area contributed by atoms with Gasteiger partial charge in [-0.3, -0.25) is 0 Å². The molecule has 2 N–H and O–H groups in total. The van der Waals surface area contributed by atoms with Crippen molar-refractivity contribution in [2.24, 2.45) is 33.3 Å². The van der Waals surface area contributed by atoms with Crippen LogP contribution in [-0.4, -0.2) is 6.54 Å². The quantitative estimate of drug-likeness (QED) is 0.620. The topological polar surface area (TPSA) is 26.0 Å². The molecule has 0 aromatic carbocycles. The molecular weight excluding hydrogens is 242 g/mol. The van der Waals surface area contributed by atoms with Crippen LogP contribution in [0.2, 0.25) is 0 Å². The predicted octanol–water partition coefficient (Wildman–Crippen LogP) is 5.88. The van der Waals surface area contributed by atoms with Crippen molar-refractivity contribution in [1.29, 1.82) is 0 Å². The zero-order valence-corrected chi connectivity index (χ0v) is 16.0. The minimum absolute atomic E-state index is 0.326. The maximum atomic E-state index is 5.72. The lowest BCUT2D eigenvalue weighted by Gasteiger charge is -2.51. The SMILES string of the molecule is CC(CCN)CC(C)(C)C(C)(C)CC(C)(C)C(C)(C)C. The van der Waals surface area contributed by atoms with Gasteiger partial charge in [0.15, 0.2) is 0 Å². The second kappa shape index (κ2) is 6.38. The molecule has 122 valence electrons. The van der Waals surface area contributed by atoms with Crippen LogP contribution < -0.4 is 5.73 Å². The number of hydrogen-bond donors (Lipinski definition) is 1. The first kappa shape index (κ1) is 20.0. The molecule has 0 aliphatic heterocycles. The summed E-state index contributed by atoms with van der Waals surface area (Å²) in [5.41, 5.74) is 7.05. The van der Waals surface area contributed by atoms with Crippen molar-refractivity contribution < 1.29 is 0 Å². The average molecular weight is 284 g/mol. The van der Waals surface area contributed by atoms with Crippen LogP contribution in [-0.2, 0) is 0 Å². The van der Waals surface area contributed by atoms with Crippen molar-refractivity contribution >= 4 is 0 Å². The van der Waals surface area contributed by atoms with Gasteiger partial charge in [-0.1, -0.05) is 69.2 Å². The van der Waals surface area contributed by atoms with Crippen LogP contribution in [0.4, 0.5) is 0 Å². The molecule has 0 aromatic heterocycles. The summed E-state index contributed by atoms with van der Waals surface area (Å²) >= 11 is 0. The van der Waals surface area contributed by atoms with Gasteiger partial charge in [0.05, 0.1) is 0 Å². The predicted molar refractivity (Wildman–Crippen MR) is 92.9 cm³/mol. The lowest BCUT2D eigenvalue weighted by Crippen LogP contribution is -2.42. The lowest BCUT2D eigenvalue weighted by molar-refractivity contribution is -0.00888. The molecule has 1 nitrogen and oxygen atoms in total. The van der Waals surface area contributed by atoms with Crippen LogP contribution in [0.3, 0.4) is 0 Å². The van der Waals surface area contributed by atoms with Gasteiger partial charge in [0.25, 0.3) is 0 Å². The fourth-order valence-corrected chi connectivity index (χ4v) is 3.14. The second-order valence-electron chi connectivity index (χ2n) is 9.97. The Morgan fingerprint density at radius 3 is 1.55 bits per heavy atom. The highest BCUT2D eigenvalue weighted by atomic mass is 14.5. The highest BCUT2D eigenvalue weighted by Gasteiger charge is 2.44. The molecule has 1 unspecified atom stereocenters. The monoisotopic (exact) mass is 283 g/mol. The van der Waals surface area contributed by atoms with E-state index in [4.69, 9.17) is 5.73 Å². The summed E-state index contributed by atoms with van der Waals surface area (Å²) in [6.07, 6.45) is 3.66. The molecule has 0 aliphatic rings. The summed E-state index contributed by atoms with van der Waals surface area (Å²) in [7, 11) is 0. The fourth-order valence-electron chi connectivity index (χ4n) is 3.14. The zero-order chi connectivity index (χ0) is 16.4. The van der Waals surface area contributed by atoms with E-state index in [-0.39, 0.29) is 0 Å². The van der Waals surface area contributed by atoms with Gasteiger partial charge in [0.1, 0.15) is 0 Å². The molecule has 0 spiro atoms. The van der Waals surface area contributed by atoms with Crippen molar-refractivity contribution in [2.75, 3.05) is 6.54 Å². The van der Waals surface area contributed by atoms with E-state index in [1.54, 1.807) is 0 Å². The molecule has 0 rings (SSSR count). The third-order valence-electron chi connectivity index (χ3n) is 6.26. The minimum Gasteiger partial charge on any atom is -0.330 e. The summed E-state index contributed by atoms with van der Waals surface area (Å²) in [5, 5.41) is 0. The van der Waals surface area contributed by atoms with Gasteiger partial charge in [-0.2, -0.15) is 0 Å². The van der Waals surface area contributed by atoms with Crippen LogP contribution in [0.5, 0.6) is 0 Å². The smallest absolute Gasteiger partial charge is 0.00747 e. The fraction of sp³-hybridized carbons (Fsp3) is 1.00. The van der Waals surface area contributed by atoms with Gasteiger partial charge in [0, 0.05) is 0 Å². The van der Waals surface area contributed by atoms with Crippen molar-refractivity contribution in [3.63, 3.8) is 0 Å². The van der Waals surface area contributed by atoms with E-state index in [0.29, 0.717) is 27.6 Å². The van der Waals surface area contributed by atoms with Crippen LogP contribution in [0.1, 0.15) is 88.5 Å². The Labute approximate surface area is 129 Å². The van der Waals surface area contributed by atoms with Crippen LogP contribution in [0.15, 0.2) is 0 Å². The summed E-state index contributed by atoms with van der Waals surface area (Å²) in [5.74, 6) is 0.715. The van der Waals surface area contributed by atoms with Crippen LogP contribution >= 0.6 is 0 Å². The number of hydrogen-bond acceptors (Lipinski definition) is 1. The summed E-state index contributed by atoms with van der Waals surface area (Å²) in [6, 6.07) is 0. The van der Waals surface area contributed by atoms with E-state index in [2.05, 4.69) is 69.2 Å². The highest BCUT2D eigenvalue weighted by molar-refractivity contribution is 4.94. The van der Waals surface area contributed by atoms with Crippen LogP contribution in [0, 0.1) is 27.6 Å². The second-order valence-corrected chi connectivity index (χ2v) is 9.97. The van der Waals surface area contributed by atoms with E-state index >= 15 is 0 Å². The molecule has 0 aliphatic carbocycles. The van der Waals surface area contributed by atoms with Crippen molar-refractivity contribution in [3.8, 4) is 0 Å². The molecule has 0 radical (unpaired) electrons. The van der Waals surface area contributed by atoms with Gasteiger partial charge in [-0.25, -0.2) is 0 Å². The largest absolute Gasteiger partial charge is 0.330 e. The Morgan fingerprint density at radius 1 is 0.750 bits per heavy atom. The van der Waals surface area contributed by atoms with Crippen molar-refractivity contribution in [2.45, 2.75) is 88.5 Å². The molecule has 1 atom stereocenters. The summed E-state index contributed by atoms with van der Waals surface area (Å²) in [4.78, 5) is 0. The van der Waals surface area contributed by atoms with Gasteiger partial charge in [-0.15, -0.1) is 0 Å². The summed E-state index contributed by atoms with van der Waals surface area (Å²) < 4.78 is 0. The van der Waals surface area contributed by atoms with Gasteiger partial charge in [-0.05, 0) is 53.4 Å². The maximum Gasteiger partial charge on any atom is -0.00747 e. The Kier molecular flexibility index (Phi) is 6.37. The average Bonchev–Trinajstić information content (AvgIpc) is 2.12. The van der Waals surface area contributed by atoms with Crippen LogP contribution in [0.25, 0.3) is 0 Å². The van der Waals surface area contributed by atoms with E-state index in [9.17, 15) is 0 Å². The molecule has 0 bridgehead atoms. The first-order valence-electron chi connectivity index (χ1n) is 8.36. The normalized spacial score (nSPS) is 16.4. The van der Waals surface area contributed by atoms with E-state index in [1.807, 2.05) is 0 Å². The molecule has 0 saturated carbocycles. The molecule has 0 aromatic rings. The third kappa shape index (κ3) is 5.06. The Morgan fingerprint density at radius 2 is 1.20 bits per heavy atom. The third-order valence-corrected chi connectivity index (χ3v) is 6.26. The zero-order valence-electron chi connectivity index (χ0n) is 16.0. The molecular formula is C19H41N. The molecule has 20 heavy (non-hydrogen) atoms. The van der Waals surface area contributed by atoms with E-state index in [0.717, 1.165) is 13.0 Å². The molecule has 0 amide bonds. The first-order chi connectivity index (χ1) is 8.66. The van der Waals surface area contributed by atoms with Gasteiger partial charge < -0.3 is 5.73 Å². The van der Waals surface area contributed by atoms with Crippen molar-refractivity contribution in [3.05, 3.63) is 0 Å². The Bertz CT molecular complexity index is 291. The Hall–Kier alpha value is -0.0400. The molecule has 0 saturated heterocycles. The highest BCUT2D eigenvalue weighted by Crippen LogP contribution is 2.54. The summed E-state index contributed by atoms with van der Waals surface area (Å²) in [6.45, 7) is 24.9. The minimum atomic E-state index is 0.326. The lowest BCUT2D eigenvalue weighted by atomic mass is 9.54. The van der Waals surface area contributed by atoms with Crippen molar-refractivity contribution in [1.82, 2.24) is 0 Å². The standard InChI is InChI=1S/C19H41N/c1-15(11-12-20)13-17(5,6)19(9,10)14-18(7,8)16(2,3)4/h15H,11-14,20H2,1-10H3. The molecule has 0 fully saturated rings. The van der Waals surface area contributed by atoms with Gasteiger partial charge in [0.2, 0.25) is 0 Å². The van der Waals surface area contributed by atoms with E-state index in [1.165, 1.54) is 12.8 Å². The molecule has 1 heteroatoms. The number of rotatable bonds is 7. The Balaban J connectivity index is 5.02. The van der Waals surface area contributed by atoms with Gasteiger partial charge >= 0.3 is 0 Å². The molecule has 0 heterocycles.